The third-order valence-corrected chi connectivity index (χ3v) is 3.20. The molecule has 0 heterocycles. The number of halogens is 1. The maximum atomic E-state index is 12.3. The van der Waals surface area contributed by atoms with Crippen LogP contribution >= 0.6 is 11.6 Å². The van der Waals surface area contributed by atoms with Gasteiger partial charge in [0.1, 0.15) is 0 Å². The second kappa shape index (κ2) is 7.62. The first-order valence-electron chi connectivity index (χ1n) is 6.71. The quantitative estimate of drug-likeness (QED) is 0.636. The van der Waals surface area contributed by atoms with Crippen molar-refractivity contribution in [1.29, 1.82) is 0 Å². The van der Waals surface area contributed by atoms with Crippen LogP contribution in [0.2, 0.25) is 5.02 Å². The lowest BCUT2D eigenvalue weighted by molar-refractivity contribution is 0.104. The van der Waals surface area contributed by atoms with Gasteiger partial charge in [-0.3, -0.25) is 4.79 Å². The van der Waals surface area contributed by atoms with E-state index in [1.54, 1.807) is 30.3 Å². The van der Waals surface area contributed by atoms with Gasteiger partial charge in [-0.05, 0) is 29.8 Å². The van der Waals surface area contributed by atoms with Gasteiger partial charge in [0.15, 0.2) is 5.78 Å². The van der Waals surface area contributed by atoms with E-state index in [-0.39, 0.29) is 5.78 Å². The fraction of sp³-hybridized carbons (Fsp3) is 0.118. The average Bonchev–Trinajstić information content (AvgIpc) is 2.52. The van der Waals surface area contributed by atoms with Crippen molar-refractivity contribution in [2.75, 3.05) is 13.1 Å². The van der Waals surface area contributed by atoms with E-state index in [1.165, 1.54) is 0 Å². The number of ketones is 1. The van der Waals surface area contributed by atoms with Crippen LogP contribution < -0.4 is 11.1 Å². The molecule has 3 N–H and O–H groups in total. The summed E-state index contributed by atoms with van der Waals surface area (Å²) >= 11 is 5.83. The average molecular weight is 301 g/mol. The SMILES string of the molecule is NCCN/C(=C\C(=O)c1ccc(Cl)cc1)c1ccccc1. The van der Waals surface area contributed by atoms with Gasteiger partial charge in [-0.2, -0.15) is 0 Å². The molecule has 108 valence electrons. The summed E-state index contributed by atoms with van der Waals surface area (Å²) in [6.45, 7) is 1.11. The van der Waals surface area contributed by atoms with E-state index in [0.717, 1.165) is 11.3 Å². The molecule has 0 aliphatic heterocycles. The molecule has 0 fully saturated rings. The highest BCUT2D eigenvalue weighted by Gasteiger charge is 2.06. The molecule has 0 saturated carbocycles. The zero-order chi connectivity index (χ0) is 15.1. The van der Waals surface area contributed by atoms with Gasteiger partial charge in [-0.25, -0.2) is 0 Å². The molecule has 2 rings (SSSR count). The Morgan fingerprint density at radius 2 is 1.71 bits per heavy atom. The van der Waals surface area contributed by atoms with Gasteiger partial charge >= 0.3 is 0 Å². The number of hydrogen-bond donors (Lipinski definition) is 2. The highest BCUT2D eigenvalue weighted by Crippen LogP contribution is 2.14. The number of benzene rings is 2. The van der Waals surface area contributed by atoms with Gasteiger partial charge in [0.05, 0.1) is 0 Å². The van der Waals surface area contributed by atoms with Crippen LogP contribution in [0, 0.1) is 0 Å². The summed E-state index contributed by atoms with van der Waals surface area (Å²) in [5, 5.41) is 3.80. The second-order valence-corrected chi connectivity index (χ2v) is 4.95. The maximum Gasteiger partial charge on any atom is 0.187 e. The molecular formula is C17H17ClN2O. The third-order valence-electron chi connectivity index (χ3n) is 2.95. The summed E-state index contributed by atoms with van der Waals surface area (Å²) in [7, 11) is 0. The van der Waals surface area contributed by atoms with Crippen molar-refractivity contribution in [3.63, 3.8) is 0 Å². The van der Waals surface area contributed by atoms with E-state index in [4.69, 9.17) is 17.3 Å². The Hall–Kier alpha value is -2.10. The molecule has 0 unspecified atom stereocenters. The first-order chi connectivity index (χ1) is 10.2. The summed E-state index contributed by atoms with van der Waals surface area (Å²) in [6.07, 6.45) is 1.59. The lowest BCUT2D eigenvalue weighted by Crippen LogP contribution is -2.21. The Morgan fingerprint density at radius 3 is 2.33 bits per heavy atom. The Labute approximate surface area is 129 Å². The van der Waals surface area contributed by atoms with Crippen molar-refractivity contribution < 1.29 is 4.79 Å². The number of nitrogens with two attached hydrogens (primary N) is 1. The topological polar surface area (TPSA) is 55.1 Å². The van der Waals surface area contributed by atoms with Gasteiger partial charge in [0, 0.05) is 35.4 Å². The Bertz CT molecular complexity index is 621. The summed E-state index contributed by atoms with van der Waals surface area (Å²) < 4.78 is 0. The number of rotatable bonds is 6. The number of nitrogens with one attached hydrogen (secondary N) is 1. The van der Waals surface area contributed by atoms with E-state index in [9.17, 15) is 4.79 Å². The van der Waals surface area contributed by atoms with Crippen LogP contribution in [0.3, 0.4) is 0 Å². The predicted molar refractivity (Wildman–Crippen MR) is 87.3 cm³/mol. The molecule has 0 aromatic heterocycles. The highest BCUT2D eigenvalue weighted by molar-refractivity contribution is 6.30. The van der Waals surface area contributed by atoms with Crippen LogP contribution in [0.1, 0.15) is 15.9 Å². The van der Waals surface area contributed by atoms with Gasteiger partial charge < -0.3 is 11.1 Å². The standard InChI is InChI=1S/C17H17ClN2O/c18-15-8-6-14(7-9-15)17(21)12-16(20-11-10-19)13-4-2-1-3-5-13/h1-9,12,20H,10-11,19H2/b16-12-. The van der Waals surface area contributed by atoms with Crippen molar-refractivity contribution in [2.45, 2.75) is 0 Å². The molecule has 0 aliphatic carbocycles. The number of hydrogen-bond acceptors (Lipinski definition) is 3. The predicted octanol–water partition coefficient (Wildman–Crippen LogP) is 3.11. The first-order valence-corrected chi connectivity index (χ1v) is 7.09. The maximum absolute atomic E-state index is 12.3. The number of carbonyl (C=O) groups excluding carboxylic acids is 1. The summed E-state index contributed by atoms with van der Waals surface area (Å²) in [4.78, 5) is 12.3. The van der Waals surface area contributed by atoms with Gasteiger partial charge in [0.25, 0.3) is 0 Å². The third kappa shape index (κ3) is 4.45. The molecule has 0 spiro atoms. The van der Waals surface area contributed by atoms with Crippen LogP contribution in [-0.4, -0.2) is 18.9 Å². The van der Waals surface area contributed by atoms with Crippen molar-refractivity contribution in [2.24, 2.45) is 5.73 Å². The molecule has 0 amide bonds. The van der Waals surface area contributed by atoms with Gasteiger partial charge in [-0.1, -0.05) is 41.9 Å². The van der Waals surface area contributed by atoms with Crippen molar-refractivity contribution in [3.8, 4) is 0 Å². The second-order valence-electron chi connectivity index (χ2n) is 4.51. The first kappa shape index (κ1) is 15.3. The fourth-order valence-corrected chi connectivity index (χ4v) is 2.02. The molecule has 0 atom stereocenters. The normalized spacial score (nSPS) is 11.2. The minimum atomic E-state index is -0.0740. The minimum Gasteiger partial charge on any atom is -0.383 e. The van der Waals surface area contributed by atoms with E-state index in [1.807, 2.05) is 30.3 Å². The van der Waals surface area contributed by atoms with E-state index in [2.05, 4.69) is 5.32 Å². The van der Waals surface area contributed by atoms with Crippen LogP contribution in [0.15, 0.2) is 60.7 Å². The Morgan fingerprint density at radius 1 is 1.05 bits per heavy atom. The number of carbonyl (C=O) groups is 1. The molecule has 0 bridgehead atoms. The van der Waals surface area contributed by atoms with Gasteiger partial charge in [-0.15, -0.1) is 0 Å². The molecular weight excluding hydrogens is 284 g/mol. The zero-order valence-electron chi connectivity index (χ0n) is 11.6. The molecule has 21 heavy (non-hydrogen) atoms. The Kier molecular flexibility index (Phi) is 5.55. The fourth-order valence-electron chi connectivity index (χ4n) is 1.89. The minimum absolute atomic E-state index is 0.0740. The molecule has 0 aliphatic rings. The Balaban J connectivity index is 2.27. The van der Waals surface area contributed by atoms with Crippen LogP contribution in [0.25, 0.3) is 5.70 Å². The highest BCUT2D eigenvalue weighted by atomic mass is 35.5. The van der Waals surface area contributed by atoms with Crippen molar-refractivity contribution >= 4 is 23.1 Å². The molecule has 0 radical (unpaired) electrons. The van der Waals surface area contributed by atoms with E-state index >= 15 is 0 Å². The summed E-state index contributed by atoms with van der Waals surface area (Å²) in [5.74, 6) is -0.0740. The van der Waals surface area contributed by atoms with Crippen molar-refractivity contribution in [3.05, 3.63) is 76.8 Å². The van der Waals surface area contributed by atoms with Crippen LogP contribution in [0.4, 0.5) is 0 Å². The number of allylic oxidation sites excluding steroid dienone is 1. The smallest absolute Gasteiger partial charge is 0.187 e. The largest absolute Gasteiger partial charge is 0.383 e. The molecule has 0 saturated heterocycles. The molecule has 2 aromatic rings. The zero-order valence-corrected chi connectivity index (χ0v) is 12.3. The van der Waals surface area contributed by atoms with Crippen LogP contribution in [-0.2, 0) is 0 Å². The monoisotopic (exact) mass is 300 g/mol. The van der Waals surface area contributed by atoms with E-state index in [0.29, 0.717) is 23.7 Å². The summed E-state index contributed by atoms with van der Waals surface area (Å²) in [5.41, 5.74) is 7.84. The summed E-state index contributed by atoms with van der Waals surface area (Å²) in [6, 6.07) is 16.5. The van der Waals surface area contributed by atoms with Gasteiger partial charge in [0.2, 0.25) is 0 Å². The molecule has 4 heteroatoms. The lowest BCUT2D eigenvalue weighted by atomic mass is 10.1. The van der Waals surface area contributed by atoms with Crippen molar-refractivity contribution in [1.82, 2.24) is 5.32 Å². The van der Waals surface area contributed by atoms with E-state index < -0.39 is 0 Å². The molecule has 2 aromatic carbocycles. The molecule has 3 nitrogen and oxygen atoms in total. The lowest BCUT2D eigenvalue weighted by Gasteiger charge is -2.10. The van der Waals surface area contributed by atoms with Crippen LogP contribution in [0.5, 0.6) is 0 Å².